The Bertz CT molecular complexity index is 2290. The van der Waals surface area contributed by atoms with Crippen molar-refractivity contribution in [3.05, 3.63) is 104 Å². The van der Waals surface area contributed by atoms with E-state index >= 15 is 0 Å². The number of hydrogen-bond acceptors (Lipinski definition) is 14. The van der Waals surface area contributed by atoms with Gasteiger partial charge in [0.05, 0.1) is 46.0 Å². The lowest BCUT2D eigenvalue weighted by atomic mass is 10.1. The number of hydrogen-bond donors (Lipinski definition) is 1. The zero-order valence-corrected chi connectivity index (χ0v) is 50.7. The van der Waals surface area contributed by atoms with Gasteiger partial charge in [-0.25, -0.2) is 13.7 Å². The zero-order valence-electron chi connectivity index (χ0n) is 48.9. The number of aromatic amines is 1. The van der Waals surface area contributed by atoms with Gasteiger partial charge in [-0.3, -0.25) is 37.5 Å². The first-order valence-electron chi connectivity index (χ1n) is 29.7. The minimum atomic E-state index is -5.42. The van der Waals surface area contributed by atoms with Crippen molar-refractivity contribution >= 4 is 27.6 Å². The van der Waals surface area contributed by atoms with Crippen LogP contribution in [0.4, 0.5) is 0 Å². The summed E-state index contributed by atoms with van der Waals surface area (Å²) in [7, 11) is -10.4. The Balaban J connectivity index is 0.000000827. The number of rotatable bonds is 42. The second-order valence-corrected chi connectivity index (χ2v) is 24.1. The van der Waals surface area contributed by atoms with Crippen molar-refractivity contribution in [2.45, 2.75) is 228 Å². The van der Waals surface area contributed by atoms with E-state index in [1.54, 1.807) is 24.3 Å². The van der Waals surface area contributed by atoms with Crippen LogP contribution in [0, 0.1) is 6.92 Å². The maximum atomic E-state index is 14.0. The number of aromatic nitrogens is 2. The Morgan fingerprint density at radius 2 is 0.987 bits per heavy atom. The number of carbonyl (C=O) groups excluding carboxylic acids is 2. The second-order valence-electron chi connectivity index (χ2n) is 20.9. The van der Waals surface area contributed by atoms with Gasteiger partial charge in [-0.05, 0) is 86.9 Å². The molecule has 4 rings (SSSR count). The Labute approximate surface area is 472 Å². The third-order valence-electron chi connectivity index (χ3n) is 13.8. The quantitative estimate of drug-likeness (QED) is 0.0140. The molecule has 0 spiro atoms. The number of ether oxygens (including phenoxy) is 3. The molecule has 3 atom stereocenters. The summed E-state index contributed by atoms with van der Waals surface area (Å²) < 4.78 is 67.2. The van der Waals surface area contributed by atoms with Gasteiger partial charge in [0, 0.05) is 24.6 Å². The Hall–Kier alpha value is -4.02. The highest BCUT2D eigenvalue weighted by Crippen LogP contribution is 2.62. The number of phosphoric ester groups is 2. The summed E-state index contributed by atoms with van der Waals surface area (Å²) in [5.74, 6) is -0.117. The molecule has 0 amide bonds. The highest BCUT2D eigenvalue weighted by Gasteiger charge is 2.35. The lowest BCUT2D eigenvalue weighted by molar-refractivity contribution is -0.929. The lowest BCUT2D eigenvalue weighted by Crippen LogP contribution is -2.50. The molecule has 1 N–H and O–H groups in total. The zero-order chi connectivity index (χ0) is 57.8. The van der Waals surface area contributed by atoms with E-state index in [1.165, 1.54) is 170 Å². The van der Waals surface area contributed by atoms with E-state index in [4.69, 9.17) is 32.1 Å². The summed E-state index contributed by atoms with van der Waals surface area (Å²) in [5.41, 5.74) is -0.163. The predicted molar refractivity (Wildman–Crippen MR) is 310 cm³/mol. The average Bonchev–Trinajstić information content (AvgIpc) is 3.91. The first-order chi connectivity index (χ1) is 38.0. The number of benzene rings is 2. The largest absolute Gasteiger partial charge is 0.756 e. The molecule has 0 saturated heterocycles. The maximum Gasteiger partial charge on any atom is 0.481 e. The van der Waals surface area contributed by atoms with E-state index in [1.807, 2.05) is 0 Å². The van der Waals surface area contributed by atoms with Crippen LogP contribution in [0.2, 0.25) is 0 Å². The van der Waals surface area contributed by atoms with E-state index in [0.717, 1.165) is 55.9 Å². The number of esters is 2. The van der Waals surface area contributed by atoms with Crippen LogP contribution in [0.1, 0.15) is 219 Å². The van der Waals surface area contributed by atoms with Crippen LogP contribution < -0.4 is 25.6 Å². The first-order valence-corrected chi connectivity index (χ1v) is 32.6. The van der Waals surface area contributed by atoms with Crippen LogP contribution in [-0.4, -0.2) is 64.9 Å². The van der Waals surface area contributed by atoms with Gasteiger partial charge >= 0.3 is 25.5 Å². The molecule has 79 heavy (non-hydrogen) atoms. The monoisotopic (exact) mass is 1150 g/mol. The third-order valence-corrected chi connectivity index (χ3v) is 16.8. The summed E-state index contributed by atoms with van der Waals surface area (Å²) >= 11 is 0. The Morgan fingerprint density at radius 1 is 0.582 bits per heavy atom. The topological polar surface area (TPSA) is 211 Å². The summed E-state index contributed by atoms with van der Waals surface area (Å²) in [4.78, 5) is 64.1. The smallest absolute Gasteiger partial charge is 0.481 e. The number of aryl methyl sites for hydroxylation is 1. The van der Waals surface area contributed by atoms with Gasteiger partial charge in [-0.2, -0.15) is 0 Å². The lowest BCUT2D eigenvalue weighted by Gasteiger charge is -2.39. The first kappa shape index (κ1) is 69.2. The molecule has 1 aliphatic heterocycles. The molecule has 446 valence electrons. The molecular formula is C60H97N3O14P2. The van der Waals surface area contributed by atoms with Crippen molar-refractivity contribution in [2.24, 2.45) is 0 Å². The Morgan fingerprint density at radius 3 is 1.41 bits per heavy atom. The van der Waals surface area contributed by atoms with Gasteiger partial charge in [-0.15, -0.1) is 0 Å². The molecule has 2 heterocycles. The molecule has 0 aliphatic carbocycles. The van der Waals surface area contributed by atoms with Gasteiger partial charge in [0.15, 0.2) is 6.23 Å². The molecule has 0 saturated carbocycles. The molecule has 1 aromatic heterocycles. The second kappa shape index (κ2) is 39.4. The highest BCUT2D eigenvalue weighted by atomic mass is 31.3. The van der Waals surface area contributed by atoms with Gasteiger partial charge in [0.25, 0.3) is 13.4 Å². The number of unbranched alkanes of at least 4 members (excludes halogenated alkanes) is 16. The fourth-order valence-electron chi connectivity index (χ4n) is 8.99. The predicted octanol–water partition coefficient (Wildman–Crippen LogP) is 14.4. The van der Waals surface area contributed by atoms with Crippen LogP contribution in [-0.2, 0) is 54.6 Å². The van der Waals surface area contributed by atoms with Gasteiger partial charge < -0.3 is 28.1 Å². The van der Waals surface area contributed by atoms with E-state index in [-0.39, 0.29) is 17.5 Å². The van der Waals surface area contributed by atoms with Crippen LogP contribution >= 0.6 is 15.6 Å². The number of phosphoric acid groups is 2. The van der Waals surface area contributed by atoms with Crippen LogP contribution in [0.25, 0.3) is 0 Å². The number of nitrogens with zero attached hydrogens (tertiary/aromatic N) is 2. The van der Waals surface area contributed by atoms with E-state index in [9.17, 15) is 33.2 Å². The Kier molecular flexibility index (Phi) is 34.6. The molecule has 0 bridgehead atoms. The summed E-state index contributed by atoms with van der Waals surface area (Å²) in [6.07, 6.45) is 29.0. The maximum absolute atomic E-state index is 14.0. The minimum Gasteiger partial charge on any atom is -0.756 e. The SMILES string of the molecule is CCCCCCCCCC(=O)Oc1ccc(COP(=O)(OCc2ccc(OC(=O)CCCCCCCCC)cc2)OP(=O)([O-])OC[C@@H]2C=C[C@H](n3cc(C)c(=O)[nH]c3=O)O2)cc1.CCCC[N+](CCCC)(CCCC)CCCC. The number of H-pyrrole nitrogens is 1. The number of quaternary nitrogens is 1. The fraction of sp³-hybridized carbons (Fsp3) is 0.667. The van der Waals surface area contributed by atoms with Crippen molar-refractivity contribution < 1.29 is 60.2 Å². The number of nitrogens with one attached hydrogen (secondary N) is 1. The summed E-state index contributed by atoms with van der Waals surface area (Å²) in [6.45, 7) is 19.4. The van der Waals surface area contributed by atoms with Crippen LogP contribution in [0.15, 0.2) is 76.5 Å². The molecular weight excluding hydrogens is 1050 g/mol. The van der Waals surface area contributed by atoms with Gasteiger partial charge in [0.1, 0.15) is 17.6 Å². The summed E-state index contributed by atoms with van der Waals surface area (Å²) in [5, 5.41) is 0. The molecule has 0 fully saturated rings. The highest BCUT2D eigenvalue weighted by molar-refractivity contribution is 7.61. The molecule has 1 aliphatic rings. The third kappa shape index (κ3) is 29.0. The van der Waals surface area contributed by atoms with Crippen molar-refractivity contribution in [1.29, 1.82) is 0 Å². The normalized spacial score (nSPS) is 15.1. The van der Waals surface area contributed by atoms with Crippen molar-refractivity contribution in [2.75, 3.05) is 32.8 Å². The van der Waals surface area contributed by atoms with E-state index in [2.05, 4.69) is 46.5 Å². The summed E-state index contributed by atoms with van der Waals surface area (Å²) in [6, 6.07) is 12.3. The van der Waals surface area contributed by atoms with Crippen molar-refractivity contribution in [1.82, 2.24) is 9.55 Å². The van der Waals surface area contributed by atoms with E-state index in [0.29, 0.717) is 35.5 Å². The molecule has 1 unspecified atom stereocenters. The fourth-order valence-corrected chi connectivity index (χ4v) is 11.6. The molecule has 19 heteroatoms. The molecule has 0 radical (unpaired) electrons. The van der Waals surface area contributed by atoms with Gasteiger partial charge in [0.2, 0.25) is 0 Å². The van der Waals surface area contributed by atoms with Crippen molar-refractivity contribution in [3.63, 3.8) is 0 Å². The average molecular weight is 1150 g/mol. The standard InChI is InChI=1S/C44H62N2O14P2.C16H36N/c1-4-6-8-10-12-14-16-18-41(47)58-37-24-20-35(21-25-37)31-55-62(53,56-32-36-22-26-38(27-23-36)59-42(48)19-17-15-13-11-9-7-5-2)60-61(51,52)54-33-39-28-29-40(57-39)46-30-34(3)43(49)45-44(46)50;1-5-9-13-17(14-10-6-2,15-11-7-3)16-12-8-4/h20-30,39-40H,4-19,31-33H2,1-3H3,(H,51,52)(H,45,49,50);5-16H2,1-4H3/q;+1/p-1/t39-,40+;/m0./s1. The molecule has 17 nitrogen and oxygen atoms in total. The van der Waals surface area contributed by atoms with Crippen molar-refractivity contribution in [3.8, 4) is 11.5 Å². The minimum absolute atomic E-state index is 0.261. The number of carbonyl (C=O) groups is 2. The van der Waals surface area contributed by atoms with Crippen LogP contribution in [0.3, 0.4) is 0 Å². The molecule has 2 aromatic carbocycles. The molecule has 3 aromatic rings. The van der Waals surface area contributed by atoms with Crippen LogP contribution in [0.5, 0.6) is 11.5 Å². The van der Waals surface area contributed by atoms with E-state index < -0.39 is 59.0 Å². The van der Waals surface area contributed by atoms with Gasteiger partial charge in [-0.1, -0.05) is 175 Å².